The minimum absolute atomic E-state index is 0.0743. The highest BCUT2D eigenvalue weighted by Crippen LogP contribution is 2.56. The molecule has 2 heterocycles. The van der Waals surface area contributed by atoms with E-state index in [2.05, 4.69) is 34.8 Å². The van der Waals surface area contributed by atoms with Gasteiger partial charge in [-0.25, -0.2) is 13.2 Å². The molecule has 2 saturated heterocycles. The number of rotatable bonds is 13. The molecule has 0 aromatic rings. The Morgan fingerprint density at radius 3 is 2.09 bits per heavy atom. The van der Waals surface area contributed by atoms with E-state index in [4.69, 9.17) is 0 Å². The molecule has 53 heavy (non-hydrogen) atoms. The Kier molecular flexibility index (Phi) is 13.4. The fourth-order valence-corrected chi connectivity index (χ4v) is 12.7. The van der Waals surface area contributed by atoms with Crippen molar-refractivity contribution in [1.29, 1.82) is 0 Å². The van der Waals surface area contributed by atoms with Gasteiger partial charge in [0, 0.05) is 13.1 Å². The van der Waals surface area contributed by atoms with Crippen LogP contribution in [0.25, 0.3) is 0 Å². The first kappa shape index (κ1) is 41.2. The minimum Gasteiger partial charge on any atom is -0.346 e. The third-order valence-electron chi connectivity index (χ3n) is 13.6. The van der Waals surface area contributed by atoms with Crippen LogP contribution in [0.1, 0.15) is 130 Å². The van der Waals surface area contributed by atoms with E-state index in [1.54, 1.807) is 4.90 Å². The summed E-state index contributed by atoms with van der Waals surface area (Å²) >= 11 is 0. The van der Waals surface area contributed by atoms with Crippen molar-refractivity contribution in [3.63, 3.8) is 0 Å². The minimum atomic E-state index is -3.35. The zero-order chi connectivity index (χ0) is 38.6. The number of likely N-dealkylation sites (tertiary alicyclic amines) is 1. The van der Waals surface area contributed by atoms with Crippen molar-refractivity contribution in [3.05, 3.63) is 12.7 Å². The maximum Gasteiger partial charge on any atom is 0.315 e. The van der Waals surface area contributed by atoms with Crippen LogP contribution in [0.4, 0.5) is 4.79 Å². The SMILES string of the molecule is C=CCNC(=O)C(=O)C(CC1CCC1)NC(=O)[C@@H]1[C@H]2C(C)[C@H]2CN1C(=O)[C@@H](NC(=O)NC1(C2CCCS2(=O)=O)CCCCC1)C1(C)CCCCC1.CC. The molecule has 5 amide bonds. The van der Waals surface area contributed by atoms with E-state index in [1.165, 1.54) is 6.08 Å². The number of hydrogen-bond acceptors (Lipinski definition) is 7. The summed E-state index contributed by atoms with van der Waals surface area (Å²) in [6.45, 7) is 12.2. The molecule has 13 heteroatoms. The summed E-state index contributed by atoms with van der Waals surface area (Å²) in [7, 11) is -3.35. The molecular formula is C40H65N5O7S. The van der Waals surface area contributed by atoms with Crippen molar-refractivity contribution in [2.75, 3.05) is 18.8 Å². The van der Waals surface area contributed by atoms with E-state index < -0.39 is 67.8 Å². The standard InChI is InChI=1S/C38H59N5O7S.C2H6/c1-4-20-39-34(46)31(44)27(22-25-13-11-14-25)40-33(45)30-29-24(2)26(29)23-43(30)35(47)32(37(3)16-7-5-8-17-37)41-36(48)42-38(18-9-6-10-19-38)28-15-12-21-51(28,49)50;1-2/h4,24-30,32H,1,5-23H2,2-3H3,(H,39,46)(H,40,45)(H2,41,42,48);1-2H3/t24?,26-,27?,28?,29+,30+,32-;/m1./s1. The molecule has 6 fully saturated rings. The Bertz CT molecular complexity index is 1480. The highest BCUT2D eigenvalue weighted by atomic mass is 32.2. The van der Waals surface area contributed by atoms with E-state index in [0.29, 0.717) is 38.6 Å². The van der Waals surface area contributed by atoms with Crippen molar-refractivity contribution < 1.29 is 32.4 Å². The summed E-state index contributed by atoms with van der Waals surface area (Å²) in [5, 5.41) is 11.1. The van der Waals surface area contributed by atoms with Crippen molar-refractivity contribution in [1.82, 2.24) is 26.2 Å². The Hall–Kier alpha value is -2.96. The van der Waals surface area contributed by atoms with E-state index in [0.717, 1.165) is 70.6 Å². The predicted octanol–water partition coefficient (Wildman–Crippen LogP) is 4.57. The third kappa shape index (κ3) is 8.80. The van der Waals surface area contributed by atoms with Crippen LogP contribution in [0.5, 0.6) is 0 Å². The molecule has 0 aromatic heterocycles. The number of nitrogens with zero attached hydrogens (tertiary/aromatic N) is 1. The second kappa shape index (κ2) is 17.2. The monoisotopic (exact) mass is 759 g/mol. The fourth-order valence-electron chi connectivity index (χ4n) is 10.3. The lowest BCUT2D eigenvalue weighted by atomic mass is 9.70. The molecule has 0 aromatic carbocycles. The number of carbonyl (C=O) groups is 5. The van der Waals surface area contributed by atoms with Gasteiger partial charge in [-0.15, -0.1) is 6.58 Å². The smallest absolute Gasteiger partial charge is 0.315 e. The van der Waals surface area contributed by atoms with Crippen LogP contribution in [0.15, 0.2) is 12.7 Å². The second-order valence-electron chi connectivity index (χ2n) is 17.0. The third-order valence-corrected chi connectivity index (χ3v) is 16.0. The van der Waals surface area contributed by atoms with Gasteiger partial charge in [0.2, 0.25) is 17.6 Å². The molecule has 4 saturated carbocycles. The summed E-state index contributed by atoms with van der Waals surface area (Å²) in [6.07, 6.45) is 14.1. The van der Waals surface area contributed by atoms with Gasteiger partial charge in [0.25, 0.3) is 5.91 Å². The quantitative estimate of drug-likeness (QED) is 0.158. The van der Waals surface area contributed by atoms with Crippen LogP contribution in [-0.2, 0) is 29.0 Å². The van der Waals surface area contributed by atoms with Gasteiger partial charge in [0.1, 0.15) is 12.1 Å². The summed E-state index contributed by atoms with van der Waals surface area (Å²) in [6, 6.07) is -3.26. The molecule has 2 aliphatic heterocycles. The van der Waals surface area contributed by atoms with Gasteiger partial charge < -0.3 is 26.2 Å². The van der Waals surface area contributed by atoms with Crippen LogP contribution in [0.2, 0.25) is 0 Å². The second-order valence-corrected chi connectivity index (χ2v) is 19.3. The van der Waals surface area contributed by atoms with Crippen LogP contribution < -0.4 is 21.3 Å². The van der Waals surface area contributed by atoms with Crippen LogP contribution in [0, 0.1) is 29.1 Å². The summed E-state index contributed by atoms with van der Waals surface area (Å²) in [5.74, 6) is -1.55. The Morgan fingerprint density at radius 1 is 0.887 bits per heavy atom. The van der Waals surface area contributed by atoms with Gasteiger partial charge in [-0.2, -0.15) is 0 Å². The lowest BCUT2D eigenvalue weighted by molar-refractivity contribution is -0.145. The average Bonchev–Trinajstić information content (AvgIpc) is 3.41. The maximum atomic E-state index is 14.9. The van der Waals surface area contributed by atoms with E-state index >= 15 is 0 Å². The lowest BCUT2D eigenvalue weighted by Gasteiger charge is -2.45. The molecule has 0 radical (unpaired) electrons. The molecule has 0 spiro atoms. The van der Waals surface area contributed by atoms with Gasteiger partial charge in [-0.05, 0) is 74.0 Å². The lowest BCUT2D eigenvalue weighted by Crippen LogP contribution is -2.66. The first-order chi connectivity index (χ1) is 25.3. The number of ketones is 1. The fraction of sp³-hybridized carbons (Fsp3) is 0.825. The molecule has 0 bridgehead atoms. The number of nitrogens with one attached hydrogen (secondary N) is 4. The molecule has 6 aliphatic rings. The van der Waals surface area contributed by atoms with Gasteiger partial charge in [0.05, 0.1) is 22.6 Å². The molecule has 298 valence electrons. The number of sulfone groups is 1. The topological polar surface area (TPSA) is 171 Å². The summed E-state index contributed by atoms with van der Waals surface area (Å²) in [4.78, 5) is 70.8. The molecule has 4 aliphatic carbocycles. The molecule has 6 rings (SSSR count). The van der Waals surface area contributed by atoms with Crippen LogP contribution >= 0.6 is 0 Å². The van der Waals surface area contributed by atoms with Gasteiger partial charge in [0.15, 0.2) is 9.84 Å². The van der Waals surface area contributed by atoms with Crippen molar-refractivity contribution in [2.24, 2.45) is 29.1 Å². The molecule has 3 unspecified atom stereocenters. The van der Waals surface area contributed by atoms with Gasteiger partial charge in [-0.3, -0.25) is 19.2 Å². The first-order valence-electron chi connectivity index (χ1n) is 20.6. The van der Waals surface area contributed by atoms with Crippen LogP contribution in [0.3, 0.4) is 0 Å². The number of piperidine rings is 1. The van der Waals surface area contributed by atoms with Crippen molar-refractivity contribution >= 4 is 39.4 Å². The molecule has 4 N–H and O–H groups in total. The predicted molar refractivity (Wildman–Crippen MR) is 204 cm³/mol. The highest BCUT2D eigenvalue weighted by Gasteiger charge is 2.63. The number of fused-ring (bicyclic) bond motifs is 1. The Morgan fingerprint density at radius 2 is 1.53 bits per heavy atom. The van der Waals surface area contributed by atoms with E-state index in [1.807, 2.05) is 20.8 Å². The van der Waals surface area contributed by atoms with Gasteiger partial charge >= 0.3 is 6.03 Å². The molecule has 7 atom stereocenters. The highest BCUT2D eigenvalue weighted by molar-refractivity contribution is 7.92. The molecular weight excluding hydrogens is 695 g/mol. The van der Waals surface area contributed by atoms with E-state index in [9.17, 15) is 32.4 Å². The summed E-state index contributed by atoms with van der Waals surface area (Å²) in [5.41, 5.74) is -1.43. The van der Waals surface area contributed by atoms with Crippen molar-refractivity contribution in [2.45, 2.75) is 159 Å². The normalized spacial score (nSPS) is 30.5. The Balaban J connectivity index is 0.00000266. The molecule has 12 nitrogen and oxygen atoms in total. The number of urea groups is 1. The number of amides is 5. The maximum absolute atomic E-state index is 14.9. The number of Topliss-reactive ketones (excluding diaryl/α,β-unsaturated/α-hetero) is 1. The average molecular weight is 760 g/mol. The first-order valence-corrected chi connectivity index (χ1v) is 22.4. The van der Waals surface area contributed by atoms with Crippen LogP contribution in [-0.4, -0.2) is 90.6 Å². The zero-order valence-electron chi connectivity index (χ0n) is 32.6. The summed E-state index contributed by atoms with van der Waals surface area (Å²) < 4.78 is 26.4. The zero-order valence-corrected chi connectivity index (χ0v) is 33.4. The van der Waals surface area contributed by atoms with E-state index in [-0.39, 0.29) is 41.9 Å². The van der Waals surface area contributed by atoms with Crippen molar-refractivity contribution in [3.8, 4) is 0 Å². The largest absolute Gasteiger partial charge is 0.346 e. The number of carbonyl (C=O) groups excluding carboxylic acids is 5. The number of hydrogen-bond donors (Lipinski definition) is 4. The Labute approximate surface area is 317 Å². The van der Waals surface area contributed by atoms with Gasteiger partial charge in [-0.1, -0.05) is 91.6 Å².